The lowest BCUT2D eigenvalue weighted by atomic mass is 10.1. The normalized spacial score (nSPS) is 11.2. The van der Waals surface area contributed by atoms with Gasteiger partial charge in [-0.15, -0.1) is 0 Å². The number of hydrogen-bond acceptors (Lipinski definition) is 3. The first kappa shape index (κ1) is 16.3. The molecule has 0 aromatic heterocycles. The van der Waals surface area contributed by atoms with Gasteiger partial charge in [0.1, 0.15) is 0 Å². The lowest BCUT2D eigenvalue weighted by Crippen LogP contribution is -2.28. The second-order valence-corrected chi connectivity index (χ2v) is 4.06. The van der Waals surface area contributed by atoms with Crippen LogP contribution in [0.25, 0.3) is 0 Å². The number of methoxy groups -OCH3 is 1. The quantitative estimate of drug-likeness (QED) is 0.757. The van der Waals surface area contributed by atoms with Crippen LogP contribution in [0.4, 0.5) is 18.9 Å². The summed E-state index contributed by atoms with van der Waals surface area (Å²) in [6.07, 6.45) is -4.32. The molecule has 0 heterocycles. The Kier molecular flexibility index (Phi) is 6.30. The third kappa shape index (κ3) is 5.48. The number of ether oxygens (including phenoxy) is 1. The maximum Gasteiger partial charge on any atom is 0.418 e. The highest BCUT2D eigenvalue weighted by Gasteiger charge is 2.32. The van der Waals surface area contributed by atoms with Crippen LogP contribution in [0, 0.1) is 0 Å². The van der Waals surface area contributed by atoms with Crippen LogP contribution in [0.1, 0.15) is 12.0 Å². The number of carbonyl (C=O) groups is 1. The molecule has 112 valence electrons. The Labute approximate surface area is 115 Å². The first-order valence-corrected chi connectivity index (χ1v) is 6.11. The Balaban J connectivity index is 2.45. The van der Waals surface area contributed by atoms with Crippen LogP contribution in [-0.2, 0) is 15.7 Å². The van der Waals surface area contributed by atoms with E-state index >= 15 is 0 Å². The van der Waals surface area contributed by atoms with Crippen LogP contribution in [-0.4, -0.2) is 32.7 Å². The smallest absolute Gasteiger partial charge is 0.384 e. The van der Waals surface area contributed by atoms with Gasteiger partial charge >= 0.3 is 6.18 Å². The zero-order valence-electron chi connectivity index (χ0n) is 11.1. The van der Waals surface area contributed by atoms with Crippen molar-refractivity contribution < 1.29 is 22.7 Å². The summed E-state index contributed by atoms with van der Waals surface area (Å²) in [4.78, 5) is 11.4. The van der Waals surface area contributed by atoms with Gasteiger partial charge in [-0.3, -0.25) is 4.79 Å². The van der Waals surface area contributed by atoms with Crippen molar-refractivity contribution in [2.45, 2.75) is 12.6 Å². The van der Waals surface area contributed by atoms with Gasteiger partial charge in [-0.1, -0.05) is 12.1 Å². The number of alkyl halides is 3. The molecule has 20 heavy (non-hydrogen) atoms. The Morgan fingerprint density at radius 2 is 1.95 bits per heavy atom. The molecule has 0 saturated carbocycles. The van der Waals surface area contributed by atoms with E-state index in [0.29, 0.717) is 13.2 Å². The van der Waals surface area contributed by atoms with E-state index in [0.717, 1.165) is 6.07 Å². The molecule has 1 aromatic rings. The molecule has 7 heteroatoms. The molecule has 0 radical (unpaired) electrons. The van der Waals surface area contributed by atoms with Crippen LogP contribution in [0.15, 0.2) is 24.3 Å². The number of nitrogens with one attached hydrogen (secondary N) is 2. The molecular weight excluding hydrogens is 273 g/mol. The molecule has 0 bridgehead atoms. The number of amides is 1. The molecule has 0 fully saturated rings. The maximum absolute atomic E-state index is 12.7. The number of anilines is 1. The Hall–Kier alpha value is -1.76. The summed E-state index contributed by atoms with van der Waals surface area (Å²) in [5.41, 5.74) is -0.760. The van der Waals surface area contributed by atoms with Gasteiger partial charge in [-0.05, 0) is 12.1 Å². The molecule has 0 aliphatic rings. The molecule has 1 amide bonds. The monoisotopic (exact) mass is 290 g/mol. The molecule has 0 aliphatic carbocycles. The molecule has 1 aromatic carbocycles. The van der Waals surface area contributed by atoms with E-state index < -0.39 is 11.7 Å². The molecule has 0 atom stereocenters. The Bertz CT molecular complexity index is 436. The van der Waals surface area contributed by atoms with Crippen LogP contribution >= 0.6 is 0 Å². The number of halogens is 3. The van der Waals surface area contributed by atoms with Crippen molar-refractivity contribution in [1.29, 1.82) is 0 Å². The summed E-state index contributed by atoms with van der Waals surface area (Å²) >= 11 is 0. The number of para-hydroxylation sites is 1. The van der Waals surface area contributed by atoms with Gasteiger partial charge in [0.15, 0.2) is 0 Å². The van der Waals surface area contributed by atoms with Crippen molar-refractivity contribution in [3.63, 3.8) is 0 Å². The molecule has 1 rings (SSSR count). The second kappa shape index (κ2) is 7.74. The van der Waals surface area contributed by atoms with E-state index in [4.69, 9.17) is 4.74 Å². The van der Waals surface area contributed by atoms with Crippen molar-refractivity contribution in [1.82, 2.24) is 5.32 Å². The van der Waals surface area contributed by atoms with E-state index in [9.17, 15) is 18.0 Å². The highest BCUT2D eigenvalue weighted by molar-refractivity contribution is 5.76. The van der Waals surface area contributed by atoms with E-state index in [-0.39, 0.29) is 24.6 Å². The minimum Gasteiger partial charge on any atom is -0.384 e. The number of hydrogen-bond donors (Lipinski definition) is 2. The van der Waals surface area contributed by atoms with Gasteiger partial charge in [-0.2, -0.15) is 13.2 Å². The average Bonchev–Trinajstić information content (AvgIpc) is 2.38. The van der Waals surface area contributed by atoms with Gasteiger partial charge in [0.05, 0.1) is 12.2 Å². The van der Waals surface area contributed by atoms with Crippen molar-refractivity contribution in [3.8, 4) is 0 Å². The van der Waals surface area contributed by atoms with E-state index in [1.54, 1.807) is 0 Å². The zero-order valence-corrected chi connectivity index (χ0v) is 11.1. The van der Waals surface area contributed by atoms with Gasteiger partial charge in [0.25, 0.3) is 0 Å². The van der Waals surface area contributed by atoms with Crippen molar-refractivity contribution >= 4 is 11.6 Å². The van der Waals surface area contributed by atoms with Gasteiger partial charge in [-0.25, -0.2) is 0 Å². The Morgan fingerprint density at radius 3 is 2.60 bits per heavy atom. The maximum atomic E-state index is 12.7. The van der Waals surface area contributed by atoms with Gasteiger partial charge in [0.2, 0.25) is 5.91 Å². The third-order valence-electron chi connectivity index (χ3n) is 2.53. The highest BCUT2D eigenvalue weighted by Crippen LogP contribution is 2.34. The molecule has 0 unspecified atom stereocenters. The van der Waals surface area contributed by atoms with Crippen molar-refractivity contribution in [3.05, 3.63) is 29.8 Å². The number of carbonyl (C=O) groups excluding carboxylic acids is 1. The van der Waals surface area contributed by atoms with Crippen LogP contribution in [0.5, 0.6) is 0 Å². The molecular formula is C13H17F3N2O2. The topological polar surface area (TPSA) is 50.4 Å². The van der Waals surface area contributed by atoms with Crippen LogP contribution < -0.4 is 10.6 Å². The van der Waals surface area contributed by atoms with E-state index in [2.05, 4.69) is 10.6 Å². The summed E-state index contributed by atoms with van der Waals surface area (Å²) < 4.78 is 42.9. The summed E-state index contributed by atoms with van der Waals surface area (Å²) in [5, 5.41) is 5.22. The standard InChI is InChI=1S/C13H17F3N2O2/c1-20-9-8-18-12(19)6-7-17-11-5-3-2-4-10(11)13(14,15)16/h2-5,17H,6-9H2,1H3,(H,18,19). The predicted octanol–water partition coefficient (Wildman–Crippen LogP) is 2.27. The lowest BCUT2D eigenvalue weighted by molar-refractivity contribution is -0.137. The van der Waals surface area contributed by atoms with E-state index in [1.165, 1.54) is 25.3 Å². The minimum atomic E-state index is -4.41. The molecule has 4 nitrogen and oxygen atoms in total. The fourth-order valence-corrected chi connectivity index (χ4v) is 1.58. The Morgan fingerprint density at radius 1 is 1.25 bits per heavy atom. The first-order valence-electron chi connectivity index (χ1n) is 6.11. The third-order valence-corrected chi connectivity index (χ3v) is 2.53. The fraction of sp³-hybridized carbons (Fsp3) is 0.462. The molecule has 2 N–H and O–H groups in total. The number of rotatable bonds is 7. The summed E-state index contributed by atoms with van der Waals surface area (Å²) in [7, 11) is 1.52. The largest absolute Gasteiger partial charge is 0.418 e. The number of benzene rings is 1. The van der Waals surface area contributed by atoms with Gasteiger partial charge < -0.3 is 15.4 Å². The zero-order chi connectivity index (χ0) is 15.0. The van der Waals surface area contributed by atoms with Crippen LogP contribution in [0.3, 0.4) is 0 Å². The lowest BCUT2D eigenvalue weighted by Gasteiger charge is -2.14. The average molecular weight is 290 g/mol. The SMILES string of the molecule is COCCNC(=O)CCNc1ccccc1C(F)(F)F. The van der Waals surface area contributed by atoms with Crippen molar-refractivity contribution in [2.24, 2.45) is 0 Å². The van der Waals surface area contributed by atoms with E-state index in [1.807, 2.05) is 0 Å². The van der Waals surface area contributed by atoms with Crippen molar-refractivity contribution in [2.75, 3.05) is 32.1 Å². The van der Waals surface area contributed by atoms with Gasteiger partial charge in [0, 0.05) is 32.3 Å². The highest BCUT2D eigenvalue weighted by atomic mass is 19.4. The summed E-state index contributed by atoms with van der Waals surface area (Å²) in [5.74, 6) is -0.237. The molecule has 0 aliphatic heterocycles. The first-order chi connectivity index (χ1) is 9.45. The summed E-state index contributed by atoms with van der Waals surface area (Å²) in [6.45, 7) is 0.913. The minimum absolute atomic E-state index is 0.0234. The molecule has 0 spiro atoms. The summed E-state index contributed by atoms with van der Waals surface area (Å²) in [6, 6.07) is 5.17. The van der Waals surface area contributed by atoms with Crippen LogP contribution in [0.2, 0.25) is 0 Å². The molecule has 0 saturated heterocycles. The predicted molar refractivity (Wildman–Crippen MR) is 69.4 cm³/mol. The second-order valence-electron chi connectivity index (χ2n) is 4.06. The fourth-order valence-electron chi connectivity index (χ4n) is 1.58.